The summed E-state index contributed by atoms with van der Waals surface area (Å²) < 4.78 is 23.3. The highest BCUT2D eigenvalue weighted by atomic mass is 16.7. The molecule has 17 heteroatoms. The third-order valence-electron chi connectivity index (χ3n) is 13.8. The Kier molecular flexibility index (Phi) is 41.8. The van der Waals surface area contributed by atoms with Crippen molar-refractivity contribution in [1.82, 2.24) is 10.6 Å². The number of hydrogen-bond acceptors (Lipinski definition) is 12. The topological polar surface area (TPSA) is 261 Å². The van der Waals surface area contributed by atoms with Gasteiger partial charge in [0.15, 0.2) is 12.4 Å². The Morgan fingerprint density at radius 1 is 0.486 bits per heavy atom. The van der Waals surface area contributed by atoms with E-state index in [-0.39, 0.29) is 19.3 Å². The van der Waals surface area contributed by atoms with E-state index < -0.39 is 110 Å². The number of ether oxygens (including phenoxy) is 4. The molecule has 6 atom stereocenters. The Morgan fingerprint density at radius 2 is 0.865 bits per heavy atom. The lowest BCUT2D eigenvalue weighted by molar-refractivity contribution is -0.286. The van der Waals surface area contributed by atoms with Crippen LogP contribution in [-0.2, 0) is 52.5 Å². The minimum atomic E-state index is -1.77. The van der Waals surface area contributed by atoms with Crippen LogP contribution in [0.1, 0.15) is 271 Å². The van der Waals surface area contributed by atoms with E-state index in [9.17, 15) is 54.0 Å². The third kappa shape index (κ3) is 36.2. The predicted molar refractivity (Wildman–Crippen MR) is 284 cm³/mol. The highest BCUT2D eigenvalue weighted by Crippen LogP contribution is 2.29. The fourth-order valence-electron chi connectivity index (χ4n) is 9.38. The van der Waals surface area contributed by atoms with Gasteiger partial charge in [0.25, 0.3) is 0 Å². The Bertz CT molecular complexity index is 1500. The maximum Gasteiger partial charge on any atom is 0.326 e. The molecule has 1 saturated heterocycles. The monoisotopic (exact) mass is 1050 g/mol. The van der Waals surface area contributed by atoms with Crippen LogP contribution in [0.3, 0.4) is 0 Å². The predicted octanol–water partition coefficient (Wildman–Crippen LogP) is 11.4. The molecule has 1 aliphatic rings. The lowest BCUT2D eigenvalue weighted by Gasteiger charge is -2.44. The molecule has 6 N–H and O–H groups in total. The number of carbonyl (C=O) groups is 7. The van der Waals surface area contributed by atoms with E-state index in [1.165, 1.54) is 109 Å². The highest BCUT2D eigenvalue weighted by molar-refractivity contribution is 5.87. The first-order valence-corrected chi connectivity index (χ1v) is 29.3. The molecule has 1 fully saturated rings. The van der Waals surface area contributed by atoms with Gasteiger partial charge < -0.3 is 50.0 Å². The number of amides is 2. The van der Waals surface area contributed by atoms with Gasteiger partial charge in [-0.1, -0.05) is 213 Å². The van der Waals surface area contributed by atoms with Crippen molar-refractivity contribution in [3.63, 3.8) is 0 Å². The maximum absolute atomic E-state index is 13.6. The molecule has 0 aromatic rings. The summed E-state index contributed by atoms with van der Waals surface area (Å²) in [5, 5.41) is 46.1. The van der Waals surface area contributed by atoms with Crippen molar-refractivity contribution in [3.05, 3.63) is 0 Å². The molecular weight excluding hydrogens is 953 g/mol. The zero-order chi connectivity index (χ0) is 54.6. The normalized spacial score (nSPS) is 17.9. The van der Waals surface area contributed by atoms with Crippen LogP contribution in [-0.4, -0.2) is 111 Å². The van der Waals surface area contributed by atoms with Gasteiger partial charge in [0.1, 0.15) is 30.9 Å². The Morgan fingerprint density at radius 3 is 1.26 bits per heavy atom. The summed E-state index contributed by atoms with van der Waals surface area (Å²) >= 11 is 0. The second kappa shape index (κ2) is 45.4. The molecule has 0 spiro atoms. The van der Waals surface area contributed by atoms with E-state index in [4.69, 9.17) is 18.9 Å². The summed E-state index contributed by atoms with van der Waals surface area (Å²) in [4.78, 5) is 88.9. The summed E-state index contributed by atoms with van der Waals surface area (Å²) in [6.07, 6.45) is 25.0. The van der Waals surface area contributed by atoms with E-state index in [0.29, 0.717) is 19.3 Å². The molecule has 0 aromatic heterocycles. The van der Waals surface area contributed by atoms with Gasteiger partial charge in [-0.2, -0.15) is 0 Å². The standard InChI is InChI=1S/C57H102N2O15/c1-4-7-10-13-16-19-22-25-28-31-34-37-47(60)58-45(56(69)70)42-52(67)71-43-46-54(68)55(74-51(66)39-36-33-30-27-24-21-18-15-12-9-6-3)53(57(73-46)72-44(40-49(62)63)41-50(64)65)59-48(61)38-35-32-29-26-23-20-17-14-11-8-5-2/h44-46,53-55,57,68H,4-43H2,1-3H3,(H,58,60)(H,59,61)(H,62,63)(H,64,65)(H,69,70)/t45-,46+,53+,54+,55+,57-/m0/s1. The lowest BCUT2D eigenvalue weighted by Crippen LogP contribution is -2.66. The molecule has 1 heterocycles. The van der Waals surface area contributed by atoms with Gasteiger partial charge in [0.2, 0.25) is 11.8 Å². The summed E-state index contributed by atoms with van der Waals surface area (Å²) in [5.74, 6) is -7.03. The van der Waals surface area contributed by atoms with Crippen molar-refractivity contribution in [1.29, 1.82) is 0 Å². The van der Waals surface area contributed by atoms with Gasteiger partial charge in [-0.15, -0.1) is 0 Å². The number of aliphatic hydroxyl groups is 1. The number of carbonyl (C=O) groups excluding carboxylic acids is 4. The molecule has 430 valence electrons. The smallest absolute Gasteiger partial charge is 0.326 e. The fourth-order valence-corrected chi connectivity index (χ4v) is 9.38. The molecule has 2 amide bonds. The molecule has 1 aliphatic heterocycles. The summed E-state index contributed by atoms with van der Waals surface area (Å²) in [5.41, 5.74) is 0. The minimum Gasteiger partial charge on any atom is -0.481 e. The van der Waals surface area contributed by atoms with E-state index in [1.807, 2.05) is 0 Å². The van der Waals surface area contributed by atoms with Crippen molar-refractivity contribution >= 4 is 41.7 Å². The summed E-state index contributed by atoms with van der Waals surface area (Å²) in [7, 11) is 0. The maximum atomic E-state index is 13.6. The molecular formula is C57H102N2O15. The number of carboxylic acid groups (broad SMARTS) is 3. The average molecular weight is 1060 g/mol. The quantitative estimate of drug-likeness (QED) is 0.0244. The number of hydrogen-bond donors (Lipinski definition) is 6. The largest absolute Gasteiger partial charge is 0.481 e. The van der Waals surface area contributed by atoms with Crippen LogP contribution in [0.5, 0.6) is 0 Å². The van der Waals surface area contributed by atoms with Crippen molar-refractivity contribution in [2.45, 2.75) is 314 Å². The highest BCUT2D eigenvalue weighted by Gasteiger charge is 2.50. The van der Waals surface area contributed by atoms with Crippen LogP contribution in [0, 0.1) is 0 Å². The molecule has 0 saturated carbocycles. The number of aliphatic hydroxyl groups excluding tert-OH is 1. The van der Waals surface area contributed by atoms with Crippen LogP contribution in [0.2, 0.25) is 0 Å². The third-order valence-corrected chi connectivity index (χ3v) is 13.8. The van der Waals surface area contributed by atoms with Gasteiger partial charge in [-0.25, -0.2) is 4.79 Å². The van der Waals surface area contributed by atoms with Gasteiger partial charge in [-0.3, -0.25) is 28.8 Å². The molecule has 0 aliphatic carbocycles. The fraction of sp³-hybridized carbons (Fsp3) is 0.877. The van der Waals surface area contributed by atoms with Gasteiger partial charge >= 0.3 is 29.8 Å². The molecule has 0 bridgehead atoms. The first-order chi connectivity index (χ1) is 35.7. The first kappa shape index (κ1) is 68.2. The SMILES string of the molecule is CCCCCCCCCCCCCC(=O)N[C@H]1[C@@H](OC(CC(=O)O)CC(=O)O)O[C@H](COC(=O)C[C@H](NC(=O)CCCCCCCCCCCCC)C(=O)O)[C@@H](O)[C@@H]1OC(=O)CCCCCCCCCCCCC. The van der Waals surface area contributed by atoms with Gasteiger partial charge in [0.05, 0.1) is 25.4 Å². The number of esters is 2. The van der Waals surface area contributed by atoms with Crippen LogP contribution in [0.15, 0.2) is 0 Å². The number of unbranched alkanes of at least 4 members (excludes halogenated alkanes) is 30. The van der Waals surface area contributed by atoms with E-state index in [2.05, 4.69) is 31.4 Å². The van der Waals surface area contributed by atoms with Gasteiger partial charge in [-0.05, 0) is 19.3 Å². The Labute approximate surface area is 444 Å². The average Bonchev–Trinajstić information content (AvgIpc) is 3.34. The van der Waals surface area contributed by atoms with Crippen LogP contribution in [0.25, 0.3) is 0 Å². The zero-order valence-corrected chi connectivity index (χ0v) is 46.1. The number of rotatable bonds is 50. The second-order valence-corrected chi connectivity index (χ2v) is 20.7. The molecule has 74 heavy (non-hydrogen) atoms. The van der Waals surface area contributed by atoms with E-state index in [0.717, 1.165) is 83.5 Å². The zero-order valence-electron chi connectivity index (χ0n) is 46.1. The summed E-state index contributed by atoms with van der Waals surface area (Å²) in [6, 6.07) is -3.07. The lowest BCUT2D eigenvalue weighted by atomic mass is 9.95. The first-order valence-electron chi connectivity index (χ1n) is 29.3. The molecule has 17 nitrogen and oxygen atoms in total. The van der Waals surface area contributed by atoms with E-state index in [1.54, 1.807) is 0 Å². The molecule has 0 aromatic carbocycles. The Balaban J connectivity index is 3.11. The number of nitrogens with one attached hydrogen (secondary N) is 2. The van der Waals surface area contributed by atoms with Crippen LogP contribution >= 0.6 is 0 Å². The molecule has 0 radical (unpaired) electrons. The van der Waals surface area contributed by atoms with Crippen LogP contribution in [0.4, 0.5) is 0 Å². The second-order valence-electron chi connectivity index (χ2n) is 20.7. The van der Waals surface area contributed by atoms with Gasteiger partial charge in [0, 0.05) is 19.3 Å². The summed E-state index contributed by atoms with van der Waals surface area (Å²) in [6.45, 7) is 5.84. The number of carboxylic acids is 3. The van der Waals surface area contributed by atoms with Crippen molar-refractivity contribution in [2.24, 2.45) is 0 Å². The van der Waals surface area contributed by atoms with Crippen molar-refractivity contribution in [3.8, 4) is 0 Å². The van der Waals surface area contributed by atoms with Crippen molar-refractivity contribution < 1.29 is 72.9 Å². The molecule has 1 rings (SSSR count). The molecule has 0 unspecified atom stereocenters. The minimum absolute atomic E-state index is 0.0200. The number of aliphatic carboxylic acids is 3. The van der Waals surface area contributed by atoms with Crippen molar-refractivity contribution in [2.75, 3.05) is 6.61 Å². The van der Waals surface area contributed by atoms with Crippen LogP contribution < -0.4 is 10.6 Å². The van der Waals surface area contributed by atoms with E-state index >= 15 is 0 Å². The Hall–Kier alpha value is -3.83.